The summed E-state index contributed by atoms with van der Waals surface area (Å²) in [4.78, 5) is 24.3. The fourth-order valence-electron chi connectivity index (χ4n) is 2.58. The molecule has 26 heavy (non-hydrogen) atoms. The van der Waals surface area contributed by atoms with E-state index in [2.05, 4.69) is 16.0 Å². The largest absolute Gasteiger partial charge is 0.495 e. The predicted molar refractivity (Wildman–Crippen MR) is 103 cm³/mol. The second kappa shape index (κ2) is 7.91. The van der Waals surface area contributed by atoms with Crippen LogP contribution in [0.15, 0.2) is 48.5 Å². The smallest absolute Gasteiger partial charge is 0.246 e. The van der Waals surface area contributed by atoms with Crippen LogP contribution in [0.2, 0.25) is 0 Å². The molecule has 1 atom stereocenters. The number of carbonyl (C=O) groups excluding carboxylic acids is 2. The lowest BCUT2D eigenvalue weighted by atomic mass is 10.2. The number of rotatable bonds is 7. The second-order valence-electron chi connectivity index (χ2n) is 6.40. The summed E-state index contributed by atoms with van der Waals surface area (Å²) < 4.78 is 5.25. The first-order valence-corrected chi connectivity index (χ1v) is 8.68. The Hall–Kier alpha value is -3.02. The molecule has 2 aromatic carbocycles. The van der Waals surface area contributed by atoms with Crippen molar-refractivity contribution in [1.29, 1.82) is 0 Å². The van der Waals surface area contributed by atoms with Crippen molar-refractivity contribution in [3.05, 3.63) is 48.5 Å². The van der Waals surface area contributed by atoms with Crippen LogP contribution in [0.5, 0.6) is 5.75 Å². The molecular weight excluding hydrogens is 330 g/mol. The van der Waals surface area contributed by atoms with Crippen molar-refractivity contribution in [1.82, 2.24) is 0 Å². The first-order chi connectivity index (χ1) is 12.6. The van der Waals surface area contributed by atoms with E-state index in [0.29, 0.717) is 11.4 Å². The van der Waals surface area contributed by atoms with Crippen LogP contribution in [0.4, 0.5) is 17.1 Å². The molecule has 0 aromatic heterocycles. The fraction of sp³-hybridized carbons (Fsp3) is 0.300. The summed E-state index contributed by atoms with van der Waals surface area (Å²) in [5, 5.41) is 8.91. The number of amides is 2. The standard InChI is InChI=1S/C20H23N3O3/c1-13(19(24)23-17-8-3-4-9-18(17)26-2)21-15-6-5-7-16(12-15)22-20(25)14-10-11-14/h3-9,12-14,21H,10-11H2,1-2H3,(H,22,25)(H,23,24). The minimum absolute atomic E-state index is 0.0594. The molecular formula is C20H23N3O3. The van der Waals surface area contributed by atoms with Gasteiger partial charge in [-0.3, -0.25) is 9.59 Å². The van der Waals surface area contributed by atoms with Crippen molar-refractivity contribution in [2.24, 2.45) is 5.92 Å². The molecule has 136 valence electrons. The molecule has 3 rings (SSSR count). The molecule has 0 heterocycles. The Bertz CT molecular complexity index is 802. The summed E-state index contributed by atoms with van der Waals surface area (Å²) >= 11 is 0. The second-order valence-corrected chi connectivity index (χ2v) is 6.40. The number of hydrogen-bond acceptors (Lipinski definition) is 4. The number of ether oxygens (including phenoxy) is 1. The van der Waals surface area contributed by atoms with Gasteiger partial charge in [-0.2, -0.15) is 0 Å². The van der Waals surface area contributed by atoms with Gasteiger partial charge >= 0.3 is 0 Å². The first kappa shape index (κ1) is 17.8. The molecule has 6 nitrogen and oxygen atoms in total. The van der Waals surface area contributed by atoms with Gasteiger partial charge in [0.15, 0.2) is 0 Å². The van der Waals surface area contributed by atoms with Gasteiger partial charge in [-0.05, 0) is 50.1 Å². The maximum absolute atomic E-state index is 12.4. The number of carbonyl (C=O) groups is 2. The van der Waals surface area contributed by atoms with E-state index in [0.717, 1.165) is 24.2 Å². The minimum Gasteiger partial charge on any atom is -0.495 e. The number of anilines is 3. The van der Waals surface area contributed by atoms with E-state index in [1.54, 1.807) is 26.2 Å². The zero-order valence-electron chi connectivity index (χ0n) is 14.9. The third-order valence-corrected chi connectivity index (χ3v) is 4.22. The van der Waals surface area contributed by atoms with Crippen LogP contribution in [-0.4, -0.2) is 25.0 Å². The van der Waals surface area contributed by atoms with Crippen molar-refractivity contribution >= 4 is 28.9 Å². The summed E-state index contributed by atoms with van der Waals surface area (Å²) in [6.45, 7) is 1.78. The molecule has 0 aliphatic heterocycles. The number of methoxy groups -OCH3 is 1. The zero-order chi connectivity index (χ0) is 18.5. The van der Waals surface area contributed by atoms with Crippen molar-refractivity contribution < 1.29 is 14.3 Å². The predicted octanol–water partition coefficient (Wildman–Crippen LogP) is 3.48. The van der Waals surface area contributed by atoms with E-state index >= 15 is 0 Å². The fourth-order valence-corrected chi connectivity index (χ4v) is 2.58. The van der Waals surface area contributed by atoms with E-state index in [4.69, 9.17) is 4.74 Å². The van der Waals surface area contributed by atoms with Gasteiger partial charge in [0.25, 0.3) is 0 Å². The number of hydrogen-bond donors (Lipinski definition) is 3. The molecule has 1 saturated carbocycles. The summed E-state index contributed by atoms with van der Waals surface area (Å²) in [7, 11) is 1.56. The van der Waals surface area contributed by atoms with Gasteiger partial charge in [0.05, 0.1) is 12.8 Å². The lowest BCUT2D eigenvalue weighted by Gasteiger charge is -2.17. The summed E-state index contributed by atoms with van der Waals surface area (Å²) in [5.41, 5.74) is 2.12. The van der Waals surface area contributed by atoms with E-state index in [1.807, 2.05) is 36.4 Å². The van der Waals surface area contributed by atoms with Crippen molar-refractivity contribution in [2.75, 3.05) is 23.1 Å². The summed E-state index contributed by atoms with van der Waals surface area (Å²) in [6, 6.07) is 14.2. The lowest BCUT2D eigenvalue weighted by molar-refractivity contribution is -0.117. The highest BCUT2D eigenvalue weighted by Gasteiger charge is 2.29. The van der Waals surface area contributed by atoms with Gasteiger partial charge in [0.1, 0.15) is 11.8 Å². The minimum atomic E-state index is -0.464. The Kier molecular flexibility index (Phi) is 5.41. The lowest BCUT2D eigenvalue weighted by Crippen LogP contribution is -2.32. The van der Waals surface area contributed by atoms with Gasteiger partial charge < -0.3 is 20.7 Å². The molecule has 1 aliphatic rings. The highest BCUT2D eigenvalue weighted by molar-refractivity contribution is 5.98. The van der Waals surface area contributed by atoms with Gasteiger partial charge in [-0.25, -0.2) is 0 Å². The molecule has 3 N–H and O–H groups in total. The Morgan fingerprint density at radius 1 is 1.04 bits per heavy atom. The Balaban J connectivity index is 1.60. The highest BCUT2D eigenvalue weighted by atomic mass is 16.5. The molecule has 1 fully saturated rings. The number of benzene rings is 2. The van der Waals surface area contributed by atoms with E-state index in [-0.39, 0.29) is 17.7 Å². The molecule has 0 spiro atoms. The van der Waals surface area contributed by atoms with Crippen LogP contribution < -0.4 is 20.7 Å². The van der Waals surface area contributed by atoms with Crippen LogP contribution in [-0.2, 0) is 9.59 Å². The van der Waals surface area contributed by atoms with Gasteiger partial charge in [-0.15, -0.1) is 0 Å². The van der Waals surface area contributed by atoms with E-state index in [9.17, 15) is 9.59 Å². The molecule has 0 bridgehead atoms. The third kappa shape index (κ3) is 4.53. The average Bonchev–Trinajstić information content (AvgIpc) is 3.47. The van der Waals surface area contributed by atoms with Crippen LogP contribution >= 0.6 is 0 Å². The van der Waals surface area contributed by atoms with Crippen molar-refractivity contribution in [3.8, 4) is 5.75 Å². The Labute approximate surface area is 152 Å². The molecule has 2 aromatic rings. The Morgan fingerprint density at radius 2 is 1.77 bits per heavy atom. The zero-order valence-corrected chi connectivity index (χ0v) is 14.9. The molecule has 0 saturated heterocycles. The van der Waals surface area contributed by atoms with Crippen LogP contribution in [0.1, 0.15) is 19.8 Å². The van der Waals surface area contributed by atoms with Crippen LogP contribution in [0.3, 0.4) is 0 Å². The number of para-hydroxylation sites is 2. The summed E-state index contributed by atoms with van der Waals surface area (Å²) in [5.74, 6) is 0.640. The van der Waals surface area contributed by atoms with E-state index < -0.39 is 6.04 Å². The molecule has 1 aliphatic carbocycles. The number of nitrogens with one attached hydrogen (secondary N) is 3. The molecule has 1 unspecified atom stereocenters. The highest BCUT2D eigenvalue weighted by Crippen LogP contribution is 2.30. The normalized spacial score (nSPS) is 14.2. The van der Waals surface area contributed by atoms with Crippen molar-refractivity contribution in [3.63, 3.8) is 0 Å². The van der Waals surface area contributed by atoms with E-state index in [1.165, 1.54) is 0 Å². The molecule has 2 amide bonds. The van der Waals surface area contributed by atoms with Gasteiger partial charge in [-0.1, -0.05) is 18.2 Å². The maximum Gasteiger partial charge on any atom is 0.246 e. The molecule has 6 heteroatoms. The third-order valence-electron chi connectivity index (χ3n) is 4.22. The average molecular weight is 353 g/mol. The Morgan fingerprint density at radius 3 is 2.50 bits per heavy atom. The summed E-state index contributed by atoms with van der Waals surface area (Å²) in [6.07, 6.45) is 1.92. The van der Waals surface area contributed by atoms with Crippen molar-refractivity contribution in [2.45, 2.75) is 25.8 Å². The monoisotopic (exact) mass is 353 g/mol. The topological polar surface area (TPSA) is 79.5 Å². The first-order valence-electron chi connectivity index (χ1n) is 8.68. The SMILES string of the molecule is COc1ccccc1NC(=O)C(C)Nc1cccc(NC(=O)C2CC2)c1. The van der Waals surface area contributed by atoms with Crippen LogP contribution in [0.25, 0.3) is 0 Å². The maximum atomic E-state index is 12.4. The van der Waals surface area contributed by atoms with Gasteiger partial charge in [0, 0.05) is 17.3 Å². The van der Waals surface area contributed by atoms with Crippen LogP contribution in [0, 0.1) is 5.92 Å². The quantitative estimate of drug-likeness (QED) is 0.712. The molecule has 0 radical (unpaired) electrons. The van der Waals surface area contributed by atoms with Gasteiger partial charge in [0.2, 0.25) is 11.8 Å².